The van der Waals surface area contributed by atoms with Gasteiger partial charge in [0.05, 0.1) is 11.9 Å². The van der Waals surface area contributed by atoms with Crippen molar-refractivity contribution in [1.82, 2.24) is 20.7 Å². The van der Waals surface area contributed by atoms with Gasteiger partial charge in [-0.05, 0) is 11.1 Å². The molecule has 0 aliphatic rings. The van der Waals surface area contributed by atoms with Gasteiger partial charge in [-0.3, -0.25) is 4.79 Å². The maximum atomic E-state index is 12.4. The second-order valence-electron chi connectivity index (χ2n) is 5.64. The highest BCUT2D eigenvalue weighted by molar-refractivity contribution is 5.77. The Kier molecular flexibility index (Phi) is 5.35. The van der Waals surface area contributed by atoms with E-state index >= 15 is 0 Å². The maximum Gasteiger partial charge on any atom is 0.220 e. The van der Waals surface area contributed by atoms with E-state index in [2.05, 4.69) is 45.0 Å². The Morgan fingerprint density at radius 3 is 2.17 bits per heavy atom. The lowest BCUT2D eigenvalue weighted by atomic mass is 9.88. The van der Waals surface area contributed by atoms with Crippen molar-refractivity contribution in [3.05, 3.63) is 83.7 Å². The summed E-state index contributed by atoms with van der Waals surface area (Å²) in [6.45, 7) is 0.557. The highest BCUT2D eigenvalue weighted by Crippen LogP contribution is 2.27. The van der Waals surface area contributed by atoms with Crippen molar-refractivity contribution in [2.75, 3.05) is 6.54 Å². The SMILES string of the molecule is O=C(CC(c1ccccc1)c1ccccc1)NCCc1cn[nH]n1. The number of hydrogen-bond donors (Lipinski definition) is 2. The van der Waals surface area contributed by atoms with E-state index in [0.717, 1.165) is 16.8 Å². The van der Waals surface area contributed by atoms with Crippen molar-refractivity contribution in [2.45, 2.75) is 18.8 Å². The Morgan fingerprint density at radius 2 is 1.62 bits per heavy atom. The van der Waals surface area contributed by atoms with Crippen LogP contribution in [-0.4, -0.2) is 27.9 Å². The maximum absolute atomic E-state index is 12.4. The predicted molar refractivity (Wildman–Crippen MR) is 92.4 cm³/mol. The molecule has 0 aliphatic heterocycles. The fourth-order valence-corrected chi connectivity index (χ4v) is 2.73. The summed E-state index contributed by atoms with van der Waals surface area (Å²) < 4.78 is 0. The van der Waals surface area contributed by atoms with Gasteiger partial charge < -0.3 is 5.32 Å². The van der Waals surface area contributed by atoms with Crippen LogP contribution >= 0.6 is 0 Å². The normalized spacial score (nSPS) is 10.7. The Balaban J connectivity index is 1.64. The van der Waals surface area contributed by atoms with Crippen molar-refractivity contribution >= 4 is 5.91 Å². The van der Waals surface area contributed by atoms with E-state index in [9.17, 15) is 4.79 Å². The molecule has 0 radical (unpaired) electrons. The van der Waals surface area contributed by atoms with Gasteiger partial charge in [0.15, 0.2) is 0 Å². The number of benzene rings is 2. The summed E-state index contributed by atoms with van der Waals surface area (Å²) in [5.41, 5.74) is 3.14. The number of nitrogens with one attached hydrogen (secondary N) is 2. The average Bonchev–Trinajstić information content (AvgIpc) is 3.15. The van der Waals surface area contributed by atoms with Crippen LogP contribution < -0.4 is 5.32 Å². The Hall–Kier alpha value is -2.95. The first-order valence-electron chi connectivity index (χ1n) is 8.04. The van der Waals surface area contributed by atoms with Crippen molar-refractivity contribution in [1.29, 1.82) is 0 Å². The van der Waals surface area contributed by atoms with E-state index in [4.69, 9.17) is 0 Å². The Bertz CT molecular complexity index is 702. The molecule has 2 N–H and O–H groups in total. The number of nitrogens with zero attached hydrogens (tertiary/aromatic N) is 2. The van der Waals surface area contributed by atoms with Gasteiger partial charge in [-0.25, -0.2) is 0 Å². The molecule has 0 saturated heterocycles. The molecule has 2 aromatic carbocycles. The molecule has 3 aromatic rings. The van der Waals surface area contributed by atoms with Crippen LogP contribution in [-0.2, 0) is 11.2 Å². The smallest absolute Gasteiger partial charge is 0.220 e. The number of carbonyl (C=O) groups excluding carboxylic acids is 1. The minimum absolute atomic E-state index is 0.0381. The summed E-state index contributed by atoms with van der Waals surface area (Å²) in [7, 11) is 0. The van der Waals surface area contributed by atoms with E-state index < -0.39 is 0 Å². The molecule has 5 heteroatoms. The molecule has 1 heterocycles. The highest BCUT2D eigenvalue weighted by atomic mass is 16.1. The molecular weight excluding hydrogens is 300 g/mol. The first kappa shape index (κ1) is 15.9. The van der Waals surface area contributed by atoms with Gasteiger partial charge in [-0.1, -0.05) is 60.7 Å². The molecule has 122 valence electrons. The van der Waals surface area contributed by atoms with Gasteiger partial charge in [0.25, 0.3) is 0 Å². The largest absolute Gasteiger partial charge is 0.356 e. The van der Waals surface area contributed by atoms with Gasteiger partial charge in [-0.15, -0.1) is 0 Å². The molecule has 1 aromatic heterocycles. The molecule has 0 spiro atoms. The summed E-state index contributed by atoms with van der Waals surface area (Å²) in [4.78, 5) is 12.4. The summed E-state index contributed by atoms with van der Waals surface area (Å²) >= 11 is 0. The minimum Gasteiger partial charge on any atom is -0.356 e. The van der Waals surface area contributed by atoms with Gasteiger partial charge in [0.2, 0.25) is 5.91 Å². The van der Waals surface area contributed by atoms with E-state index in [1.807, 2.05) is 36.4 Å². The zero-order valence-corrected chi connectivity index (χ0v) is 13.4. The summed E-state index contributed by atoms with van der Waals surface area (Å²) in [5, 5.41) is 13.3. The van der Waals surface area contributed by atoms with Crippen LogP contribution in [0.4, 0.5) is 0 Å². The summed E-state index contributed by atoms with van der Waals surface area (Å²) in [6, 6.07) is 20.3. The quantitative estimate of drug-likeness (QED) is 0.703. The number of hydrogen-bond acceptors (Lipinski definition) is 3. The van der Waals surface area contributed by atoms with Gasteiger partial charge >= 0.3 is 0 Å². The number of H-pyrrole nitrogens is 1. The van der Waals surface area contributed by atoms with E-state index in [-0.39, 0.29) is 11.8 Å². The molecule has 0 aliphatic carbocycles. The summed E-state index contributed by atoms with van der Waals surface area (Å²) in [5.74, 6) is 0.0932. The molecule has 5 nitrogen and oxygen atoms in total. The fourth-order valence-electron chi connectivity index (χ4n) is 2.73. The number of aromatic amines is 1. The van der Waals surface area contributed by atoms with Crippen molar-refractivity contribution < 1.29 is 4.79 Å². The number of aromatic nitrogens is 3. The molecule has 0 unspecified atom stereocenters. The van der Waals surface area contributed by atoms with Crippen LogP contribution in [0, 0.1) is 0 Å². The second-order valence-corrected chi connectivity index (χ2v) is 5.64. The topological polar surface area (TPSA) is 70.7 Å². The highest BCUT2D eigenvalue weighted by Gasteiger charge is 2.17. The van der Waals surface area contributed by atoms with Crippen LogP contribution in [0.2, 0.25) is 0 Å². The molecule has 1 amide bonds. The molecule has 0 saturated carbocycles. The van der Waals surface area contributed by atoms with Crippen LogP contribution in [0.5, 0.6) is 0 Å². The number of amides is 1. The van der Waals surface area contributed by atoms with E-state index in [0.29, 0.717) is 19.4 Å². The number of rotatable bonds is 7. The van der Waals surface area contributed by atoms with E-state index in [1.54, 1.807) is 6.20 Å². The predicted octanol–water partition coefficient (Wildman–Crippen LogP) is 2.69. The Labute approximate surface area is 141 Å². The molecule has 0 bridgehead atoms. The monoisotopic (exact) mass is 320 g/mol. The van der Waals surface area contributed by atoms with Crippen LogP contribution in [0.3, 0.4) is 0 Å². The van der Waals surface area contributed by atoms with E-state index in [1.165, 1.54) is 0 Å². The zero-order valence-electron chi connectivity index (χ0n) is 13.4. The second kappa shape index (κ2) is 8.06. The zero-order chi connectivity index (χ0) is 16.6. The third kappa shape index (κ3) is 4.29. The standard InChI is InChI=1S/C19H20N4O/c24-19(20-12-11-17-14-21-23-22-17)13-18(15-7-3-1-4-8-15)16-9-5-2-6-10-16/h1-10,14,18H,11-13H2,(H,20,24)(H,21,22,23). The van der Waals surface area contributed by atoms with Gasteiger partial charge in [-0.2, -0.15) is 15.4 Å². The molecule has 0 atom stereocenters. The van der Waals surface area contributed by atoms with Gasteiger partial charge in [0, 0.05) is 25.3 Å². The molecular formula is C19H20N4O. The van der Waals surface area contributed by atoms with Gasteiger partial charge in [0.1, 0.15) is 0 Å². The first-order valence-corrected chi connectivity index (χ1v) is 8.04. The minimum atomic E-state index is 0.0381. The molecule has 3 rings (SSSR count). The molecule has 24 heavy (non-hydrogen) atoms. The van der Waals surface area contributed by atoms with Crippen molar-refractivity contribution in [2.24, 2.45) is 0 Å². The van der Waals surface area contributed by atoms with Crippen molar-refractivity contribution in [3.63, 3.8) is 0 Å². The third-order valence-corrected chi connectivity index (χ3v) is 3.96. The summed E-state index contributed by atoms with van der Waals surface area (Å²) in [6.07, 6.45) is 2.76. The lowest BCUT2D eigenvalue weighted by Gasteiger charge is -2.17. The first-order chi connectivity index (χ1) is 11.8. The average molecular weight is 320 g/mol. The number of carbonyl (C=O) groups is 1. The van der Waals surface area contributed by atoms with Crippen LogP contribution in [0.1, 0.15) is 29.2 Å². The van der Waals surface area contributed by atoms with Crippen LogP contribution in [0.15, 0.2) is 66.9 Å². The lowest BCUT2D eigenvalue weighted by molar-refractivity contribution is -0.121. The third-order valence-electron chi connectivity index (χ3n) is 3.96. The fraction of sp³-hybridized carbons (Fsp3) is 0.211. The van der Waals surface area contributed by atoms with Crippen LogP contribution in [0.25, 0.3) is 0 Å². The molecule has 0 fully saturated rings. The van der Waals surface area contributed by atoms with Crippen molar-refractivity contribution in [3.8, 4) is 0 Å². The lowest BCUT2D eigenvalue weighted by Crippen LogP contribution is -2.27. The Morgan fingerprint density at radius 1 is 1.00 bits per heavy atom.